The summed E-state index contributed by atoms with van der Waals surface area (Å²) in [5.41, 5.74) is 1.50. The maximum Gasteiger partial charge on any atom is 0.416 e. The second-order valence-electron chi connectivity index (χ2n) is 7.02. The molecule has 0 unspecified atom stereocenters. The molecule has 0 spiro atoms. The van der Waals surface area contributed by atoms with E-state index in [0.29, 0.717) is 12.2 Å². The van der Waals surface area contributed by atoms with Gasteiger partial charge in [-0.05, 0) is 55.2 Å². The fourth-order valence-electron chi connectivity index (χ4n) is 3.30. The first-order valence-corrected chi connectivity index (χ1v) is 9.01. The summed E-state index contributed by atoms with van der Waals surface area (Å²) in [6, 6.07) is 9.08. The van der Waals surface area contributed by atoms with E-state index in [-0.39, 0.29) is 17.5 Å². The number of benzene rings is 2. The molecule has 2 N–H and O–H groups in total. The lowest BCUT2D eigenvalue weighted by atomic mass is 10.1. The molecule has 2 aromatic carbocycles. The van der Waals surface area contributed by atoms with E-state index in [9.17, 15) is 22.8 Å². The zero-order chi connectivity index (χ0) is 19.9. The van der Waals surface area contributed by atoms with Gasteiger partial charge in [0, 0.05) is 29.5 Å². The van der Waals surface area contributed by atoms with Gasteiger partial charge in [0.1, 0.15) is 0 Å². The summed E-state index contributed by atoms with van der Waals surface area (Å²) < 4.78 is 38.3. The fourth-order valence-corrected chi connectivity index (χ4v) is 3.30. The lowest BCUT2D eigenvalue weighted by Gasteiger charge is -2.18. The van der Waals surface area contributed by atoms with Gasteiger partial charge >= 0.3 is 12.2 Å². The summed E-state index contributed by atoms with van der Waals surface area (Å²) >= 11 is 0. The molecule has 3 amide bonds. The van der Waals surface area contributed by atoms with E-state index < -0.39 is 17.8 Å². The highest BCUT2D eigenvalue weighted by Gasteiger charge is 2.36. The summed E-state index contributed by atoms with van der Waals surface area (Å²) in [5, 5.41) is 5.02. The molecule has 0 bridgehead atoms. The van der Waals surface area contributed by atoms with Gasteiger partial charge in [0.2, 0.25) is 5.91 Å². The molecule has 28 heavy (non-hydrogen) atoms. The lowest BCUT2D eigenvalue weighted by molar-refractivity contribution is -0.137. The molecule has 2 aromatic rings. The standard InChI is InChI=1S/C20H18F3N3O2/c21-20(22,23)14-2-1-3-15(10-14)24-19(28)25-16-7-6-12-8-9-26(17(12)11-16)18(27)13-4-5-13/h1-3,6-7,10-11,13H,4-5,8-9H2,(H2,24,25,28). The highest BCUT2D eigenvalue weighted by Crippen LogP contribution is 2.37. The topological polar surface area (TPSA) is 61.4 Å². The van der Waals surface area contributed by atoms with E-state index in [0.717, 1.165) is 42.6 Å². The maximum absolute atomic E-state index is 12.8. The van der Waals surface area contributed by atoms with Gasteiger partial charge in [-0.3, -0.25) is 4.79 Å². The molecule has 8 heteroatoms. The molecule has 5 nitrogen and oxygen atoms in total. The molecular formula is C20H18F3N3O2. The van der Waals surface area contributed by atoms with Crippen molar-refractivity contribution in [2.24, 2.45) is 5.92 Å². The van der Waals surface area contributed by atoms with Crippen molar-refractivity contribution in [3.8, 4) is 0 Å². The third-order valence-corrected chi connectivity index (χ3v) is 4.88. The Balaban J connectivity index is 1.46. The first-order valence-electron chi connectivity index (χ1n) is 9.01. The lowest BCUT2D eigenvalue weighted by Crippen LogP contribution is -2.30. The fraction of sp³-hybridized carbons (Fsp3) is 0.300. The molecule has 1 saturated carbocycles. The van der Waals surface area contributed by atoms with Crippen LogP contribution in [0.2, 0.25) is 0 Å². The Kier molecular flexibility index (Phi) is 4.49. The molecule has 4 rings (SSSR count). The van der Waals surface area contributed by atoms with Gasteiger partial charge in [-0.1, -0.05) is 12.1 Å². The second-order valence-corrected chi connectivity index (χ2v) is 7.02. The molecule has 1 fully saturated rings. The van der Waals surface area contributed by atoms with Gasteiger partial charge in [-0.15, -0.1) is 0 Å². The number of nitrogens with zero attached hydrogens (tertiary/aromatic N) is 1. The second kappa shape index (κ2) is 6.85. The number of anilines is 3. The Morgan fingerprint density at radius 2 is 1.71 bits per heavy atom. The molecule has 0 radical (unpaired) electrons. The number of urea groups is 1. The van der Waals surface area contributed by atoms with Crippen molar-refractivity contribution in [2.45, 2.75) is 25.4 Å². The van der Waals surface area contributed by atoms with Crippen molar-refractivity contribution in [1.29, 1.82) is 0 Å². The molecule has 0 saturated heterocycles. The van der Waals surface area contributed by atoms with Crippen LogP contribution in [0.1, 0.15) is 24.0 Å². The van der Waals surface area contributed by atoms with Crippen LogP contribution in [0.5, 0.6) is 0 Å². The number of carbonyl (C=O) groups excluding carboxylic acids is 2. The summed E-state index contributed by atoms with van der Waals surface area (Å²) in [6.07, 6.45) is -1.87. The van der Waals surface area contributed by atoms with Crippen LogP contribution in [0.15, 0.2) is 42.5 Å². The minimum Gasteiger partial charge on any atom is -0.312 e. The summed E-state index contributed by atoms with van der Waals surface area (Å²) in [4.78, 5) is 26.3. The van der Waals surface area contributed by atoms with Crippen molar-refractivity contribution >= 4 is 29.0 Å². The minimum absolute atomic E-state index is 0.0408. The largest absolute Gasteiger partial charge is 0.416 e. The monoisotopic (exact) mass is 389 g/mol. The van der Waals surface area contributed by atoms with Crippen LogP contribution in [0.4, 0.5) is 35.0 Å². The van der Waals surface area contributed by atoms with Crippen molar-refractivity contribution in [3.63, 3.8) is 0 Å². The molecule has 1 heterocycles. The molecular weight excluding hydrogens is 371 g/mol. The molecule has 1 aliphatic heterocycles. The highest BCUT2D eigenvalue weighted by atomic mass is 19.4. The molecule has 0 atom stereocenters. The zero-order valence-electron chi connectivity index (χ0n) is 14.8. The Hall–Kier alpha value is -3.03. The summed E-state index contributed by atoms with van der Waals surface area (Å²) in [5.74, 6) is 0.219. The third-order valence-electron chi connectivity index (χ3n) is 4.88. The third kappa shape index (κ3) is 3.81. The number of rotatable bonds is 3. The normalized spacial score (nSPS) is 15.9. The summed E-state index contributed by atoms with van der Waals surface area (Å²) in [7, 11) is 0. The Labute approximate surface area is 159 Å². The number of halogens is 3. The van der Waals surface area contributed by atoms with Crippen LogP contribution in [-0.2, 0) is 17.4 Å². The van der Waals surface area contributed by atoms with E-state index in [1.165, 1.54) is 12.1 Å². The van der Waals surface area contributed by atoms with E-state index >= 15 is 0 Å². The number of amides is 3. The van der Waals surface area contributed by atoms with Crippen LogP contribution in [0.25, 0.3) is 0 Å². The molecule has 1 aliphatic carbocycles. The van der Waals surface area contributed by atoms with Gasteiger partial charge in [0.05, 0.1) is 5.56 Å². The molecule has 146 valence electrons. The number of carbonyl (C=O) groups is 2. The van der Waals surface area contributed by atoms with Crippen molar-refractivity contribution < 1.29 is 22.8 Å². The van der Waals surface area contributed by atoms with Gasteiger partial charge in [0.25, 0.3) is 0 Å². The van der Waals surface area contributed by atoms with E-state index in [1.807, 2.05) is 6.07 Å². The minimum atomic E-state index is -4.48. The van der Waals surface area contributed by atoms with Gasteiger partial charge < -0.3 is 15.5 Å². The molecule has 2 aliphatic rings. The highest BCUT2D eigenvalue weighted by molar-refractivity contribution is 6.02. The van der Waals surface area contributed by atoms with E-state index in [2.05, 4.69) is 10.6 Å². The average Bonchev–Trinajstić information content (AvgIpc) is 3.40. The number of nitrogens with one attached hydrogen (secondary N) is 2. The van der Waals surface area contributed by atoms with Crippen LogP contribution in [0.3, 0.4) is 0 Å². The predicted molar refractivity (Wildman–Crippen MR) is 99.3 cm³/mol. The SMILES string of the molecule is O=C(Nc1cccc(C(F)(F)F)c1)Nc1ccc2c(c1)N(C(=O)C1CC1)CC2. The Morgan fingerprint density at radius 1 is 1.00 bits per heavy atom. The zero-order valence-corrected chi connectivity index (χ0v) is 14.8. The number of hydrogen-bond donors (Lipinski definition) is 2. The molecule has 0 aromatic heterocycles. The van der Waals surface area contributed by atoms with E-state index in [4.69, 9.17) is 0 Å². The first kappa shape index (κ1) is 18.3. The van der Waals surface area contributed by atoms with Gasteiger partial charge in [-0.2, -0.15) is 13.2 Å². The number of fused-ring (bicyclic) bond motifs is 1. The van der Waals surface area contributed by atoms with Crippen LogP contribution in [-0.4, -0.2) is 18.5 Å². The first-order chi connectivity index (χ1) is 13.3. The van der Waals surface area contributed by atoms with Crippen LogP contribution >= 0.6 is 0 Å². The van der Waals surface area contributed by atoms with E-state index in [1.54, 1.807) is 17.0 Å². The Morgan fingerprint density at radius 3 is 2.39 bits per heavy atom. The van der Waals surface area contributed by atoms with Gasteiger partial charge in [-0.25, -0.2) is 4.79 Å². The number of hydrogen-bond acceptors (Lipinski definition) is 2. The number of alkyl halides is 3. The maximum atomic E-state index is 12.8. The quantitative estimate of drug-likeness (QED) is 0.803. The summed E-state index contributed by atoms with van der Waals surface area (Å²) in [6.45, 7) is 0.630. The van der Waals surface area contributed by atoms with Gasteiger partial charge in [0.15, 0.2) is 0 Å². The van der Waals surface area contributed by atoms with Crippen molar-refractivity contribution in [1.82, 2.24) is 0 Å². The smallest absolute Gasteiger partial charge is 0.312 e. The average molecular weight is 389 g/mol. The van der Waals surface area contributed by atoms with Crippen LogP contribution < -0.4 is 15.5 Å². The predicted octanol–water partition coefficient (Wildman–Crippen LogP) is 4.65. The van der Waals surface area contributed by atoms with Crippen LogP contribution in [0, 0.1) is 5.92 Å². The Bertz CT molecular complexity index is 939. The van der Waals surface area contributed by atoms with Crippen molar-refractivity contribution in [3.05, 3.63) is 53.6 Å². The van der Waals surface area contributed by atoms with Crippen molar-refractivity contribution in [2.75, 3.05) is 22.1 Å².